The lowest BCUT2D eigenvalue weighted by atomic mass is 9.95. The fraction of sp³-hybridized carbons (Fsp3) is 0.929. The number of hydrogen-bond donors (Lipinski definition) is 2. The minimum atomic E-state index is -0.667. The smallest absolute Gasteiger partial charge is 0.237 e. The van der Waals surface area contributed by atoms with Gasteiger partial charge in [-0.05, 0) is 26.8 Å². The van der Waals surface area contributed by atoms with Crippen molar-refractivity contribution in [3.05, 3.63) is 0 Å². The molecule has 0 aromatic carbocycles. The fourth-order valence-corrected chi connectivity index (χ4v) is 1.58. The Hall–Kier alpha value is -0.730. The molecule has 7 nitrogen and oxygen atoms in total. The summed E-state index contributed by atoms with van der Waals surface area (Å²) in [5, 5.41) is 2.94. The number of carbonyl (C=O) groups excluding carboxylic acids is 1. The normalized spacial score (nSPS) is 14.0. The van der Waals surface area contributed by atoms with Crippen molar-refractivity contribution in [3.63, 3.8) is 0 Å². The minimum Gasteiger partial charge on any atom is -0.382 e. The standard InChI is InChI=1S/C14H30N2O5/c1-14(16-2,13(15)17)5-4-6-19-9-10-21-12-11-20-8-7-18-3/h16H,4-12H2,1-3H3,(H2,15,17). The Balaban J connectivity index is 3.31. The highest BCUT2D eigenvalue weighted by molar-refractivity contribution is 5.84. The largest absolute Gasteiger partial charge is 0.382 e. The lowest BCUT2D eigenvalue weighted by Gasteiger charge is -2.25. The second-order valence-corrected chi connectivity index (χ2v) is 4.88. The third-order valence-corrected chi connectivity index (χ3v) is 3.24. The van der Waals surface area contributed by atoms with Crippen LogP contribution in [0.25, 0.3) is 0 Å². The summed E-state index contributed by atoms with van der Waals surface area (Å²) in [6.07, 6.45) is 1.41. The number of amides is 1. The second-order valence-electron chi connectivity index (χ2n) is 4.88. The zero-order valence-electron chi connectivity index (χ0n) is 13.5. The molecule has 0 aromatic rings. The van der Waals surface area contributed by atoms with Crippen molar-refractivity contribution in [2.45, 2.75) is 25.3 Å². The van der Waals surface area contributed by atoms with Gasteiger partial charge < -0.3 is 30.0 Å². The number of methoxy groups -OCH3 is 1. The molecule has 0 bridgehead atoms. The van der Waals surface area contributed by atoms with Gasteiger partial charge in [0.25, 0.3) is 0 Å². The number of likely N-dealkylation sites (N-methyl/N-ethyl adjacent to an activating group) is 1. The van der Waals surface area contributed by atoms with Gasteiger partial charge in [0, 0.05) is 13.7 Å². The molecule has 0 aromatic heterocycles. The Labute approximate surface area is 127 Å². The molecule has 7 heteroatoms. The van der Waals surface area contributed by atoms with Gasteiger partial charge in [-0.3, -0.25) is 4.79 Å². The maximum absolute atomic E-state index is 11.3. The molecule has 0 saturated carbocycles. The molecule has 1 amide bonds. The van der Waals surface area contributed by atoms with Gasteiger partial charge >= 0.3 is 0 Å². The fourth-order valence-electron chi connectivity index (χ4n) is 1.58. The summed E-state index contributed by atoms with van der Waals surface area (Å²) in [6, 6.07) is 0. The summed E-state index contributed by atoms with van der Waals surface area (Å²) < 4.78 is 20.9. The Kier molecular flexibility index (Phi) is 12.5. The van der Waals surface area contributed by atoms with Gasteiger partial charge in [-0.2, -0.15) is 0 Å². The van der Waals surface area contributed by atoms with Crippen LogP contribution in [-0.2, 0) is 23.7 Å². The van der Waals surface area contributed by atoms with Crippen molar-refractivity contribution in [1.29, 1.82) is 0 Å². The van der Waals surface area contributed by atoms with Gasteiger partial charge in [0.05, 0.1) is 45.2 Å². The highest BCUT2D eigenvalue weighted by Gasteiger charge is 2.27. The zero-order chi connectivity index (χ0) is 16.0. The van der Waals surface area contributed by atoms with E-state index in [1.54, 1.807) is 21.1 Å². The first-order valence-electron chi connectivity index (χ1n) is 7.28. The quantitative estimate of drug-likeness (QED) is 0.411. The van der Waals surface area contributed by atoms with Gasteiger partial charge in [-0.15, -0.1) is 0 Å². The molecule has 1 unspecified atom stereocenters. The number of nitrogens with one attached hydrogen (secondary N) is 1. The predicted molar refractivity (Wildman–Crippen MR) is 80.2 cm³/mol. The summed E-state index contributed by atoms with van der Waals surface area (Å²) in [4.78, 5) is 11.3. The summed E-state index contributed by atoms with van der Waals surface area (Å²) in [6.45, 7) is 5.73. The molecule has 0 radical (unpaired) electrons. The summed E-state index contributed by atoms with van der Waals surface area (Å²) in [5.74, 6) is -0.346. The first-order valence-corrected chi connectivity index (χ1v) is 7.28. The molecule has 0 aliphatic carbocycles. The van der Waals surface area contributed by atoms with Crippen molar-refractivity contribution in [3.8, 4) is 0 Å². The molecule has 0 spiro atoms. The van der Waals surface area contributed by atoms with Crippen LogP contribution in [0.2, 0.25) is 0 Å². The van der Waals surface area contributed by atoms with Crippen LogP contribution in [0.1, 0.15) is 19.8 Å². The molecule has 3 N–H and O–H groups in total. The van der Waals surface area contributed by atoms with E-state index in [1.165, 1.54) is 0 Å². The third kappa shape index (κ3) is 10.6. The molecule has 0 aliphatic rings. The van der Waals surface area contributed by atoms with Gasteiger partial charge in [0.2, 0.25) is 5.91 Å². The number of ether oxygens (including phenoxy) is 4. The maximum atomic E-state index is 11.3. The van der Waals surface area contributed by atoms with Crippen LogP contribution in [0.3, 0.4) is 0 Å². The van der Waals surface area contributed by atoms with Crippen molar-refractivity contribution >= 4 is 5.91 Å². The monoisotopic (exact) mass is 306 g/mol. The molecule has 0 saturated heterocycles. The van der Waals surface area contributed by atoms with Crippen molar-refractivity contribution < 1.29 is 23.7 Å². The Morgan fingerprint density at radius 3 is 1.90 bits per heavy atom. The lowest BCUT2D eigenvalue weighted by Crippen LogP contribution is -2.51. The Morgan fingerprint density at radius 2 is 1.48 bits per heavy atom. The second kappa shape index (κ2) is 13.0. The zero-order valence-corrected chi connectivity index (χ0v) is 13.5. The van der Waals surface area contributed by atoms with E-state index in [0.29, 0.717) is 52.7 Å². The molecular weight excluding hydrogens is 276 g/mol. The number of rotatable bonds is 15. The predicted octanol–water partition coefficient (Wildman–Crippen LogP) is -0.0738. The minimum absolute atomic E-state index is 0.346. The number of hydrogen-bond acceptors (Lipinski definition) is 6. The number of primary amides is 1. The van der Waals surface area contributed by atoms with Crippen LogP contribution in [0.5, 0.6) is 0 Å². The van der Waals surface area contributed by atoms with E-state index in [-0.39, 0.29) is 5.91 Å². The Bertz CT molecular complexity index is 266. The van der Waals surface area contributed by atoms with Crippen LogP contribution >= 0.6 is 0 Å². The third-order valence-electron chi connectivity index (χ3n) is 3.24. The average molecular weight is 306 g/mol. The van der Waals surface area contributed by atoms with E-state index in [1.807, 2.05) is 0 Å². The van der Waals surface area contributed by atoms with Gasteiger partial charge in [-0.25, -0.2) is 0 Å². The molecule has 1 atom stereocenters. The van der Waals surface area contributed by atoms with Crippen LogP contribution < -0.4 is 11.1 Å². The van der Waals surface area contributed by atoms with Gasteiger partial charge in [0.15, 0.2) is 0 Å². The van der Waals surface area contributed by atoms with Crippen LogP contribution in [0, 0.1) is 0 Å². The van der Waals surface area contributed by atoms with Crippen LogP contribution in [-0.4, -0.2) is 71.9 Å². The van der Waals surface area contributed by atoms with E-state index in [4.69, 9.17) is 24.7 Å². The van der Waals surface area contributed by atoms with Crippen molar-refractivity contribution in [1.82, 2.24) is 5.32 Å². The Morgan fingerprint density at radius 1 is 1.00 bits per heavy atom. The van der Waals surface area contributed by atoms with Gasteiger partial charge in [0.1, 0.15) is 0 Å². The highest BCUT2D eigenvalue weighted by atomic mass is 16.6. The summed E-state index contributed by atoms with van der Waals surface area (Å²) in [7, 11) is 3.37. The molecule has 0 rings (SSSR count). The summed E-state index contributed by atoms with van der Waals surface area (Å²) in [5.41, 5.74) is 4.67. The topological polar surface area (TPSA) is 92.0 Å². The van der Waals surface area contributed by atoms with E-state index < -0.39 is 5.54 Å². The molecule has 21 heavy (non-hydrogen) atoms. The van der Waals surface area contributed by atoms with Crippen LogP contribution in [0.4, 0.5) is 0 Å². The SMILES string of the molecule is CNC(C)(CCCOCCOCCOCCOC)C(N)=O. The highest BCUT2D eigenvalue weighted by Crippen LogP contribution is 2.10. The lowest BCUT2D eigenvalue weighted by molar-refractivity contribution is -0.124. The molecular formula is C14H30N2O5. The first kappa shape index (κ1) is 20.3. The van der Waals surface area contributed by atoms with E-state index in [0.717, 1.165) is 6.42 Å². The maximum Gasteiger partial charge on any atom is 0.237 e. The van der Waals surface area contributed by atoms with Gasteiger partial charge in [-0.1, -0.05) is 0 Å². The van der Waals surface area contributed by atoms with Crippen molar-refractivity contribution in [2.24, 2.45) is 5.73 Å². The molecule has 0 aliphatic heterocycles. The summed E-state index contributed by atoms with van der Waals surface area (Å²) >= 11 is 0. The molecule has 0 heterocycles. The number of carbonyl (C=O) groups is 1. The van der Waals surface area contributed by atoms with Crippen LogP contribution in [0.15, 0.2) is 0 Å². The van der Waals surface area contributed by atoms with Crippen molar-refractivity contribution in [2.75, 3.05) is 60.4 Å². The first-order chi connectivity index (χ1) is 10.1. The van der Waals surface area contributed by atoms with E-state index in [2.05, 4.69) is 5.32 Å². The molecule has 126 valence electrons. The molecule has 0 fully saturated rings. The van der Waals surface area contributed by atoms with E-state index in [9.17, 15) is 4.79 Å². The average Bonchev–Trinajstić information content (AvgIpc) is 2.47. The van der Waals surface area contributed by atoms with E-state index >= 15 is 0 Å². The number of nitrogens with two attached hydrogens (primary N) is 1.